The van der Waals surface area contributed by atoms with Crippen molar-refractivity contribution in [3.63, 3.8) is 0 Å². The first-order valence-corrected chi connectivity index (χ1v) is 3.61. The minimum Gasteiger partial charge on any atom is -0.241 e. The molecular formula is C7H8BrF. The van der Waals surface area contributed by atoms with E-state index in [1.54, 1.807) is 19.1 Å². The maximum absolute atomic E-state index is 12.8. The molecule has 0 aromatic heterocycles. The highest BCUT2D eigenvalue weighted by atomic mass is 79.9. The van der Waals surface area contributed by atoms with Gasteiger partial charge in [-0.1, -0.05) is 34.2 Å². The van der Waals surface area contributed by atoms with E-state index < -0.39 is 10.5 Å². The van der Waals surface area contributed by atoms with Gasteiger partial charge in [0.25, 0.3) is 0 Å². The van der Waals surface area contributed by atoms with Crippen LogP contribution in [0.3, 0.4) is 0 Å². The molecule has 0 fully saturated rings. The molecule has 0 N–H and O–H groups in total. The van der Waals surface area contributed by atoms with Crippen molar-refractivity contribution in [1.82, 2.24) is 0 Å². The Bertz CT molecular complexity index is 158. The normalized spacial score (nSPS) is 41.4. The van der Waals surface area contributed by atoms with E-state index in [2.05, 4.69) is 15.9 Å². The van der Waals surface area contributed by atoms with Crippen LogP contribution >= 0.6 is 15.9 Å². The van der Waals surface area contributed by atoms with E-state index in [0.29, 0.717) is 0 Å². The van der Waals surface area contributed by atoms with Gasteiger partial charge < -0.3 is 0 Å². The highest BCUT2D eigenvalue weighted by Crippen LogP contribution is 2.29. The van der Waals surface area contributed by atoms with Crippen molar-refractivity contribution in [3.05, 3.63) is 24.3 Å². The molecular weight excluding hydrogens is 183 g/mol. The molecule has 0 saturated heterocycles. The molecule has 0 amide bonds. The summed E-state index contributed by atoms with van der Waals surface area (Å²) in [7, 11) is 0. The van der Waals surface area contributed by atoms with Crippen molar-refractivity contribution < 1.29 is 4.39 Å². The Morgan fingerprint density at radius 1 is 1.56 bits per heavy atom. The van der Waals surface area contributed by atoms with Gasteiger partial charge in [-0.05, 0) is 13.0 Å². The molecule has 0 aliphatic heterocycles. The fourth-order valence-corrected chi connectivity index (χ4v) is 0.991. The van der Waals surface area contributed by atoms with Crippen molar-refractivity contribution in [3.8, 4) is 0 Å². The van der Waals surface area contributed by atoms with E-state index in [9.17, 15) is 4.39 Å². The first kappa shape index (κ1) is 7.00. The predicted molar refractivity (Wildman–Crippen MR) is 40.5 cm³/mol. The minimum atomic E-state index is -0.900. The van der Waals surface area contributed by atoms with Crippen LogP contribution in [0.5, 0.6) is 0 Å². The molecule has 2 atom stereocenters. The van der Waals surface area contributed by atoms with Crippen LogP contribution in [-0.2, 0) is 0 Å². The van der Waals surface area contributed by atoms with Crippen LogP contribution in [0.25, 0.3) is 0 Å². The Balaban J connectivity index is 2.78. The molecule has 1 aliphatic rings. The molecule has 0 aromatic carbocycles. The number of allylic oxidation sites excluding steroid dienone is 4. The molecule has 0 aromatic rings. The van der Waals surface area contributed by atoms with Crippen LogP contribution in [0.4, 0.5) is 4.39 Å². The second kappa shape index (κ2) is 2.25. The van der Waals surface area contributed by atoms with E-state index in [1.807, 2.05) is 6.08 Å². The van der Waals surface area contributed by atoms with Gasteiger partial charge in [0.05, 0.1) is 4.32 Å². The molecule has 0 heterocycles. The third kappa shape index (κ3) is 1.42. The lowest BCUT2D eigenvalue weighted by molar-refractivity contribution is 0.361. The Kier molecular flexibility index (Phi) is 1.75. The molecule has 1 aliphatic carbocycles. The molecule has 0 spiro atoms. The summed E-state index contributed by atoms with van der Waals surface area (Å²) in [5.41, 5.74) is 0. The number of alkyl halides is 2. The smallest absolute Gasteiger partial charge is 0.137 e. The summed E-state index contributed by atoms with van der Waals surface area (Å²) in [6.07, 6.45) is 5.99. The second-order valence-electron chi connectivity index (χ2n) is 2.30. The lowest BCUT2D eigenvalue weighted by Gasteiger charge is -2.22. The summed E-state index contributed by atoms with van der Waals surface area (Å²) in [5.74, 6) is 0. The quantitative estimate of drug-likeness (QED) is 0.516. The van der Waals surface area contributed by atoms with Crippen LogP contribution < -0.4 is 0 Å². The van der Waals surface area contributed by atoms with Gasteiger partial charge in [0.2, 0.25) is 0 Å². The van der Waals surface area contributed by atoms with E-state index in [4.69, 9.17) is 0 Å². The summed E-state index contributed by atoms with van der Waals surface area (Å²) >= 11 is 3.24. The minimum absolute atomic E-state index is 0.484. The largest absolute Gasteiger partial charge is 0.241 e. The topological polar surface area (TPSA) is 0 Å². The van der Waals surface area contributed by atoms with Gasteiger partial charge in [0.1, 0.15) is 6.17 Å². The average Bonchev–Trinajstić information content (AvgIpc) is 1.77. The summed E-state index contributed by atoms with van der Waals surface area (Å²) in [4.78, 5) is 0. The van der Waals surface area contributed by atoms with E-state index in [1.165, 1.54) is 6.08 Å². The molecule has 0 radical (unpaired) electrons. The van der Waals surface area contributed by atoms with E-state index >= 15 is 0 Å². The zero-order valence-corrected chi connectivity index (χ0v) is 6.73. The van der Waals surface area contributed by atoms with Gasteiger partial charge in [-0.3, -0.25) is 0 Å². The Hall–Kier alpha value is -0.110. The summed E-state index contributed by atoms with van der Waals surface area (Å²) in [6.45, 7) is 1.80. The molecule has 2 unspecified atom stereocenters. The molecule has 0 bridgehead atoms. The number of rotatable bonds is 0. The number of hydrogen-bond acceptors (Lipinski definition) is 0. The Labute approximate surface area is 62.6 Å². The Morgan fingerprint density at radius 2 is 2.22 bits per heavy atom. The van der Waals surface area contributed by atoms with Crippen molar-refractivity contribution >= 4 is 15.9 Å². The summed E-state index contributed by atoms with van der Waals surface area (Å²) in [6, 6.07) is 0. The highest BCUT2D eigenvalue weighted by Gasteiger charge is 2.27. The van der Waals surface area contributed by atoms with E-state index in [-0.39, 0.29) is 0 Å². The third-order valence-corrected chi connectivity index (χ3v) is 2.05. The lowest BCUT2D eigenvalue weighted by Crippen LogP contribution is -2.26. The van der Waals surface area contributed by atoms with Crippen LogP contribution in [0.2, 0.25) is 0 Å². The average molecular weight is 191 g/mol. The molecule has 50 valence electrons. The maximum Gasteiger partial charge on any atom is 0.137 e. The Morgan fingerprint density at radius 3 is 2.56 bits per heavy atom. The standard InChI is InChI=1S/C7H8BrF/c1-7(8)5-3-2-4-6(7)9/h2-6H,1H3. The predicted octanol–water partition coefficient (Wildman–Crippen LogP) is 2.60. The lowest BCUT2D eigenvalue weighted by atomic mass is 10.0. The second-order valence-corrected chi connectivity index (χ2v) is 4.01. The summed E-state index contributed by atoms with van der Waals surface area (Å²) < 4.78 is 12.3. The van der Waals surface area contributed by atoms with Gasteiger partial charge in [-0.2, -0.15) is 0 Å². The zero-order chi connectivity index (χ0) is 6.91. The fraction of sp³-hybridized carbons (Fsp3) is 0.429. The van der Waals surface area contributed by atoms with Gasteiger partial charge in [-0.25, -0.2) is 4.39 Å². The first-order chi connectivity index (χ1) is 4.13. The highest BCUT2D eigenvalue weighted by molar-refractivity contribution is 9.10. The molecule has 1 rings (SSSR count). The van der Waals surface area contributed by atoms with Gasteiger partial charge in [-0.15, -0.1) is 0 Å². The molecule has 0 saturated carbocycles. The maximum atomic E-state index is 12.8. The number of hydrogen-bond donors (Lipinski definition) is 0. The molecule has 9 heavy (non-hydrogen) atoms. The van der Waals surface area contributed by atoms with Crippen LogP contribution in [0.15, 0.2) is 24.3 Å². The fourth-order valence-electron chi connectivity index (χ4n) is 0.685. The molecule has 2 heteroatoms. The zero-order valence-electron chi connectivity index (χ0n) is 5.14. The SMILES string of the molecule is CC1(Br)C=CC=CC1F. The van der Waals surface area contributed by atoms with E-state index in [0.717, 1.165) is 0 Å². The van der Waals surface area contributed by atoms with Gasteiger partial charge >= 0.3 is 0 Å². The van der Waals surface area contributed by atoms with Crippen molar-refractivity contribution in [2.75, 3.05) is 0 Å². The summed E-state index contributed by atoms with van der Waals surface area (Å²) in [5, 5.41) is 0. The van der Waals surface area contributed by atoms with Crippen molar-refractivity contribution in [1.29, 1.82) is 0 Å². The molecule has 0 nitrogen and oxygen atoms in total. The van der Waals surface area contributed by atoms with Crippen LogP contribution in [-0.4, -0.2) is 10.5 Å². The van der Waals surface area contributed by atoms with Crippen LogP contribution in [0.1, 0.15) is 6.92 Å². The van der Waals surface area contributed by atoms with Crippen molar-refractivity contribution in [2.45, 2.75) is 17.4 Å². The first-order valence-electron chi connectivity index (χ1n) is 2.82. The van der Waals surface area contributed by atoms with Gasteiger partial charge in [0.15, 0.2) is 0 Å². The van der Waals surface area contributed by atoms with Crippen molar-refractivity contribution in [2.24, 2.45) is 0 Å². The third-order valence-electron chi connectivity index (χ3n) is 1.35. The van der Waals surface area contributed by atoms with Gasteiger partial charge in [0, 0.05) is 0 Å². The number of halogens is 2. The van der Waals surface area contributed by atoms with Crippen LogP contribution in [0, 0.1) is 0 Å². The monoisotopic (exact) mass is 190 g/mol.